The molecule has 0 radical (unpaired) electrons. The molecule has 3 atom stereocenters. The van der Waals surface area contributed by atoms with E-state index >= 15 is 0 Å². The van der Waals surface area contributed by atoms with Crippen molar-refractivity contribution in [3.8, 4) is 0 Å². The quantitative estimate of drug-likeness (QED) is 0.615. The molecule has 2 aromatic rings. The van der Waals surface area contributed by atoms with E-state index < -0.39 is 33.0 Å². The van der Waals surface area contributed by atoms with Gasteiger partial charge in [0, 0.05) is 0 Å². The van der Waals surface area contributed by atoms with Gasteiger partial charge < -0.3 is 15.0 Å². The van der Waals surface area contributed by atoms with Crippen LogP contribution < -0.4 is 5.73 Å². The Morgan fingerprint density at radius 3 is 2.40 bits per heavy atom. The zero-order valence-electron chi connectivity index (χ0n) is 14.2. The van der Waals surface area contributed by atoms with E-state index in [1.807, 2.05) is 0 Å². The second kappa shape index (κ2) is 9.29. The van der Waals surface area contributed by atoms with Crippen LogP contribution >= 0.6 is 0 Å². The number of hydrogen-bond donors (Lipinski definition) is 1. The number of nitrogens with zero attached hydrogens (tertiary/aromatic N) is 4. The Balaban J connectivity index is 2.11. The minimum absolute atomic E-state index is 0.201. The van der Waals surface area contributed by atoms with Crippen LogP contribution in [0.5, 0.6) is 0 Å². The Kier molecular flexibility index (Phi) is 7.38. The van der Waals surface area contributed by atoms with Crippen molar-refractivity contribution in [2.75, 3.05) is 18.9 Å². The fraction of sp³-hybridized carbons (Fsp3) is 0.615. The maximum absolute atomic E-state index is 12.1. The average Bonchev–Trinajstić information content (AvgIpc) is 2.97. The smallest absolute Gasteiger partial charge is 0.259 e. The molecule has 0 amide bonds. The predicted octanol–water partition coefficient (Wildman–Crippen LogP) is 0.498. The zero-order valence-corrected chi connectivity index (χ0v) is 15.8. The van der Waals surface area contributed by atoms with Crippen LogP contribution in [0.2, 0.25) is 0 Å². The molecule has 0 aromatic carbocycles. The summed E-state index contributed by atoms with van der Waals surface area (Å²) in [7, 11) is 0. The molecule has 0 fully saturated rings. The van der Waals surface area contributed by atoms with E-state index in [1.165, 1.54) is 6.33 Å². The van der Waals surface area contributed by atoms with Gasteiger partial charge in [-0.2, -0.15) is 0 Å². The molecule has 0 aliphatic rings. The highest BCUT2D eigenvalue weighted by Gasteiger charge is 2.29. The Morgan fingerprint density at radius 1 is 1.16 bits per heavy atom. The SMILES string of the molecule is CCOS(=O)C(O[C@H](C)Cn1cnc2c(N)ncnc21)S(=O)OCC. The highest BCUT2D eigenvalue weighted by atomic mass is 32.3. The number of nitrogens with two attached hydrogens (primary N) is 1. The molecule has 0 bridgehead atoms. The van der Waals surface area contributed by atoms with Crippen molar-refractivity contribution < 1.29 is 21.5 Å². The second-order valence-electron chi connectivity index (χ2n) is 4.90. The van der Waals surface area contributed by atoms with Gasteiger partial charge in [0.15, 0.2) is 11.5 Å². The minimum Gasteiger partial charge on any atom is -0.382 e. The lowest BCUT2D eigenvalue weighted by Crippen LogP contribution is -2.32. The van der Waals surface area contributed by atoms with Crippen molar-refractivity contribution in [1.29, 1.82) is 0 Å². The Hall–Kier alpha value is -1.47. The summed E-state index contributed by atoms with van der Waals surface area (Å²) >= 11 is -3.81. The van der Waals surface area contributed by atoms with Gasteiger partial charge in [-0.05, 0) is 20.8 Å². The van der Waals surface area contributed by atoms with Crippen molar-refractivity contribution in [3.05, 3.63) is 12.7 Å². The molecule has 2 heterocycles. The van der Waals surface area contributed by atoms with Crippen molar-refractivity contribution in [3.63, 3.8) is 0 Å². The number of rotatable bonds is 10. The number of ether oxygens (including phenoxy) is 1. The number of fused-ring (bicyclic) bond motifs is 1. The number of imidazole rings is 1. The van der Waals surface area contributed by atoms with E-state index in [9.17, 15) is 8.42 Å². The molecule has 25 heavy (non-hydrogen) atoms. The lowest BCUT2D eigenvalue weighted by Gasteiger charge is -2.20. The average molecular weight is 391 g/mol. The van der Waals surface area contributed by atoms with Gasteiger partial charge >= 0.3 is 0 Å². The normalized spacial score (nSPS) is 16.6. The van der Waals surface area contributed by atoms with E-state index in [1.54, 1.807) is 31.7 Å². The summed E-state index contributed by atoms with van der Waals surface area (Å²) in [5.74, 6) is 0.282. The van der Waals surface area contributed by atoms with Crippen LogP contribution in [0, 0.1) is 0 Å². The second-order valence-corrected chi connectivity index (χ2v) is 7.57. The zero-order chi connectivity index (χ0) is 18.4. The summed E-state index contributed by atoms with van der Waals surface area (Å²) in [4.78, 5) is 12.2. The van der Waals surface area contributed by atoms with Gasteiger partial charge in [0.1, 0.15) is 11.8 Å². The number of aromatic nitrogens is 4. The van der Waals surface area contributed by atoms with E-state index in [-0.39, 0.29) is 19.0 Å². The van der Waals surface area contributed by atoms with E-state index in [4.69, 9.17) is 18.8 Å². The van der Waals surface area contributed by atoms with Crippen LogP contribution in [-0.4, -0.2) is 52.0 Å². The first kappa shape index (κ1) is 19.8. The van der Waals surface area contributed by atoms with Crippen LogP contribution in [0.25, 0.3) is 11.2 Å². The molecule has 2 N–H and O–H groups in total. The maximum atomic E-state index is 12.1. The fourth-order valence-electron chi connectivity index (χ4n) is 2.04. The molecular weight excluding hydrogens is 370 g/mol. The molecule has 10 nitrogen and oxygen atoms in total. The Bertz CT molecular complexity index is 737. The molecular formula is C13H21N5O5S2. The number of hydrogen-bond acceptors (Lipinski definition) is 9. The van der Waals surface area contributed by atoms with Gasteiger partial charge in [0.05, 0.1) is 32.2 Å². The summed E-state index contributed by atoms with van der Waals surface area (Å²) in [5, 5.41) is 0. The van der Waals surface area contributed by atoms with Crippen molar-refractivity contribution >= 4 is 39.1 Å². The van der Waals surface area contributed by atoms with Crippen LogP contribution in [-0.2, 0) is 41.8 Å². The third-order valence-corrected chi connectivity index (χ3v) is 5.74. The summed E-state index contributed by atoms with van der Waals surface area (Å²) in [6, 6.07) is 0. The van der Waals surface area contributed by atoms with Crippen molar-refractivity contribution in [2.24, 2.45) is 0 Å². The number of anilines is 1. The van der Waals surface area contributed by atoms with Crippen LogP contribution in [0.15, 0.2) is 12.7 Å². The molecule has 0 aliphatic carbocycles. The van der Waals surface area contributed by atoms with E-state index in [2.05, 4.69) is 15.0 Å². The monoisotopic (exact) mass is 391 g/mol. The number of nitrogen functional groups attached to an aromatic ring is 1. The van der Waals surface area contributed by atoms with Gasteiger partial charge in [0.2, 0.25) is 22.2 Å². The summed E-state index contributed by atoms with van der Waals surface area (Å²) in [6.45, 7) is 5.85. The highest BCUT2D eigenvalue weighted by Crippen LogP contribution is 2.17. The van der Waals surface area contributed by atoms with Crippen LogP contribution in [0.1, 0.15) is 20.8 Å². The molecule has 0 saturated carbocycles. The first-order valence-corrected chi connectivity index (χ1v) is 9.89. The highest BCUT2D eigenvalue weighted by molar-refractivity contribution is 7.98. The summed E-state index contributed by atoms with van der Waals surface area (Å²) < 4.78 is 40.4. The van der Waals surface area contributed by atoms with E-state index in [0.717, 1.165) is 0 Å². The van der Waals surface area contributed by atoms with Crippen LogP contribution in [0.4, 0.5) is 5.82 Å². The molecule has 2 unspecified atom stereocenters. The van der Waals surface area contributed by atoms with Gasteiger partial charge in [-0.1, -0.05) is 0 Å². The minimum atomic E-state index is -1.91. The maximum Gasteiger partial charge on any atom is 0.259 e. The molecule has 0 spiro atoms. The van der Waals surface area contributed by atoms with Gasteiger partial charge in [-0.15, -0.1) is 0 Å². The van der Waals surface area contributed by atoms with Gasteiger partial charge in [-0.3, -0.25) is 8.37 Å². The van der Waals surface area contributed by atoms with E-state index in [0.29, 0.717) is 17.7 Å². The fourth-order valence-corrected chi connectivity index (χ4v) is 4.13. The Morgan fingerprint density at radius 2 is 1.80 bits per heavy atom. The summed E-state index contributed by atoms with van der Waals surface area (Å²) in [5.41, 5.74) is 6.80. The third kappa shape index (κ3) is 5.01. The molecule has 12 heteroatoms. The molecule has 0 aliphatic heterocycles. The lowest BCUT2D eigenvalue weighted by molar-refractivity contribution is 0.0622. The molecule has 0 saturated heterocycles. The first-order chi connectivity index (χ1) is 12.0. The van der Waals surface area contributed by atoms with Gasteiger partial charge in [0.25, 0.3) is 4.77 Å². The Labute approximate surface area is 150 Å². The third-order valence-electron chi connectivity index (χ3n) is 3.01. The lowest BCUT2D eigenvalue weighted by atomic mass is 10.4. The van der Waals surface area contributed by atoms with Crippen LogP contribution in [0.3, 0.4) is 0 Å². The van der Waals surface area contributed by atoms with Gasteiger partial charge in [-0.25, -0.2) is 23.4 Å². The molecule has 2 aromatic heterocycles. The first-order valence-electron chi connectivity index (χ1n) is 7.62. The predicted molar refractivity (Wildman–Crippen MR) is 93.6 cm³/mol. The molecule has 140 valence electrons. The summed E-state index contributed by atoms with van der Waals surface area (Å²) in [6.07, 6.45) is 2.44. The molecule has 2 rings (SSSR count). The van der Waals surface area contributed by atoms with Crippen molar-refractivity contribution in [2.45, 2.75) is 38.2 Å². The standard InChI is InChI=1S/C13H21N5O5S2/c1-4-21-24(19)13(25(20)22-5-2)23-9(3)6-18-8-17-10-11(14)15-7-16-12(10)18/h7-9,13H,4-6H2,1-3H3,(H2,14,15,16)/t9-,13?,24?,25?/m1/s1. The largest absolute Gasteiger partial charge is 0.382 e. The van der Waals surface area contributed by atoms with Crippen molar-refractivity contribution in [1.82, 2.24) is 19.5 Å². The topological polar surface area (TPSA) is 131 Å².